The van der Waals surface area contributed by atoms with Gasteiger partial charge >= 0.3 is 0 Å². The van der Waals surface area contributed by atoms with Crippen molar-refractivity contribution in [1.29, 1.82) is 0 Å². The average Bonchev–Trinajstić information content (AvgIpc) is 3.03. The molecule has 19 heavy (non-hydrogen) atoms. The van der Waals surface area contributed by atoms with E-state index in [0.717, 1.165) is 36.6 Å². The maximum Gasteiger partial charge on any atom is 0.201 e. The van der Waals surface area contributed by atoms with Crippen LogP contribution < -0.4 is 5.73 Å². The van der Waals surface area contributed by atoms with E-state index in [0.29, 0.717) is 12.0 Å². The van der Waals surface area contributed by atoms with E-state index in [2.05, 4.69) is 9.88 Å². The van der Waals surface area contributed by atoms with Crippen LogP contribution in [0.2, 0.25) is 0 Å². The third-order valence-corrected chi connectivity index (χ3v) is 4.30. The molecule has 100 valence electrons. The topological polar surface area (TPSA) is 47.1 Å². The fourth-order valence-electron chi connectivity index (χ4n) is 3.22. The van der Waals surface area contributed by atoms with Gasteiger partial charge < -0.3 is 10.3 Å². The second-order valence-corrected chi connectivity index (χ2v) is 5.64. The number of nitrogens with zero attached hydrogens (tertiary/aromatic N) is 3. The number of nitrogen functional groups attached to an aromatic ring is 1. The van der Waals surface area contributed by atoms with Crippen molar-refractivity contribution < 1.29 is 4.39 Å². The predicted molar refractivity (Wildman–Crippen MR) is 72.4 cm³/mol. The summed E-state index contributed by atoms with van der Waals surface area (Å²) in [5.74, 6) is 0.272. The predicted octanol–water partition coefficient (Wildman–Crippen LogP) is 2.17. The van der Waals surface area contributed by atoms with Crippen molar-refractivity contribution in [3.8, 4) is 0 Å². The summed E-state index contributed by atoms with van der Waals surface area (Å²) in [6.07, 6.45) is 3.71. The number of anilines is 1. The molecule has 0 amide bonds. The van der Waals surface area contributed by atoms with E-state index in [1.54, 1.807) is 12.1 Å². The Morgan fingerprint density at radius 2 is 2.05 bits per heavy atom. The molecule has 0 bridgehead atoms. The van der Waals surface area contributed by atoms with Crippen LogP contribution in [0.4, 0.5) is 10.3 Å². The highest BCUT2D eigenvalue weighted by Crippen LogP contribution is 2.35. The van der Waals surface area contributed by atoms with Crippen molar-refractivity contribution in [2.24, 2.45) is 0 Å². The molecule has 2 aromatic rings. The summed E-state index contributed by atoms with van der Waals surface area (Å²) >= 11 is 0. The van der Waals surface area contributed by atoms with Crippen LogP contribution in [0.5, 0.6) is 0 Å². The highest BCUT2D eigenvalue weighted by atomic mass is 19.1. The number of aromatic nitrogens is 2. The lowest BCUT2D eigenvalue weighted by molar-refractivity contribution is 0.315. The average molecular weight is 260 g/mol. The fourth-order valence-corrected chi connectivity index (χ4v) is 3.22. The summed E-state index contributed by atoms with van der Waals surface area (Å²) < 4.78 is 15.5. The molecule has 4 rings (SSSR count). The van der Waals surface area contributed by atoms with Crippen molar-refractivity contribution in [3.05, 3.63) is 24.0 Å². The zero-order valence-corrected chi connectivity index (χ0v) is 10.7. The zero-order chi connectivity index (χ0) is 13.0. The maximum absolute atomic E-state index is 13.4. The van der Waals surface area contributed by atoms with Gasteiger partial charge in [-0.15, -0.1) is 0 Å². The summed E-state index contributed by atoms with van der Waals surface area (Å²) in [7, 11) is 0. The van der Waals surface area contributed by atoms with Gasteiger partial charge in [0.05, 0.1) is 17.1 Å². The molecule has 5 heteroatoms. The lowest BCUT2D eigenvalue weighted by Crippen LogP contribution is -2.24. The van der Waals surface area contributed by atoms with Gasteiger partial charge in [0.1, 0.15) is 5.82 Å². The fraction of sp³-hybridized carbons (Fsp3) is 0.500. The number of likely N-dealkylation sites (tertiary alicyclic amines) is 1. The second-order valence-electron chi connectivity index (χ2n) is 5.64. The third-order valence-electron chi connectivity index (χ3n) is 4.30. The molecule has 2 heterocycles. The highest BCUT2D eigenvalue weighted by molar-refractivity contribution is 5.78. The Labute approximate surface area is 111 Å². The van der Waals surface area contributed by atoms with E-state index in [4.69, 9.17) is 5.73 Å². The molecular weight excluding hydrogens is 243 g/mol. The van der Waals surface area contributed by atoms with Crippen LogP contribution in [0.1, 0.15) is 25.3 Å². The van der Waals surface area contributed by atoms with Crippen LogP contribution in [-0.2, 0) is 0 Å². The van der Waals surface area contributed by atoms with Crippen LogP contribution in [0.3, 0.4) is 0 Å². The van der Waals surface area contributed by atoms with E-state index < -0.39 is 0 Å². The maximum atomic E-state index is 13.4. The molecule has 2 aliphatic rings. The van der Waals surface area contributed by atoms with E-state index in [-0.39, 0.29) is 5.82 Å². The molecule has 1 atom stereocenters. The normalized spacial score (nSPS) is 24.4. The van der Waals surface area contributed by atoms with Crippen LogP contribution in [0, 0.1) is 5.82 Å². The second kappa shape index (κ2) is 3.93. The quantitative estimate of drug-likeness (QED) is 0.900. The molecule has 0 spiro atoms. The summed E-state index contributed by atoms with van der Waals surface area (Å²) in [6.45, 7) is 2.13. The summed E-state index contributed by atoms with van der Waals surface area (Å²) in [6, 6.07) is 5.78. The number of fused-ring (bicyclic) bond motifs is 1. The van der Waals surface area contributed by atoms with Gasteiger partial charge in [0, 0.05) is 19.1 Å². The van der Waals surface area contributed by atoms with E-state index in [9.17, 15) is 4.39 Å². The molecule has 2 fully saturated rings. The van der Waals surface area contributed by atoms with Gasteiger partial charge in [-0.05, 0) is 37.5 Å². The van der Waals surface area contributed by atoms with Crippen molar-refractivity contribution in [3.63, 3.8) is 0 Å². The van der Waals surface area contributed by atoms with Gasteiger partial charge in [-0.25, -0.2) is 9.37 Å². The van der Waals surface area contributed by atoms with E-state index >= 15 is 0 Å². The SMILES string of the molecule is Nc1nc2ccc(F)cc2n1C1CCN(C2CC2)C1. The van der Waals surface area contributed by atoms with Crippen LogP contribution in [-0.4, -0.2) is 33.6 Å². The van der Waals surface area contributed by atoms with Crippen LogP contribution in [0.25, 0.3) is 11.0 Å². The van der Waals surface area contributed by atoms with Crippen LogP contribution >= 0.6 is 0 Å². The van der Waals surface area contributed by atoms with Gasteiger partial charge in [-0.2, -0.15) is 0 Å². The smallest absolute Gasteiger partial charge is 0.201 e. The Hall–Kier alpha value is -1.62. The molecule has 1 aliphatic heterocycles. The van der Waals surface area contributed by atoms with E-state index in [1.165, 1.54) is 18.9 Å². The molecule has 4 nitrogen and oxygen atoms in total. The van der Waals surface area contributed by atoms with Gasteiger partial charge in [0.25, 0.3) is 0 Å². The molecule has 1 aromatic carbocycles. The molecule has 0 radical (unpaired) electrons. The molecular formula is C14H17FN4. The van der Waals surface area contributed by atoms with Gasteiger partial charge in [0.15, 0.2) is 0 Å². The van der Waals surface area contributed by atoms with Gasteiger partial charge in [0.2, 0.25) is 5.95 Å². The summed E-state index contributed by atoms with van der Waals surface area (Å²) in [5.41, 5.74) is 7.63. The summed E-state index contributed by atoms with van der Waals surface area (Å²) in [5, 5.41) is 0. The van der Waals surface area contributed by atoms with Crippen molar-refractivity contribution >= 4 is 17.0 Å². The third kappa shape index (κ3) is 1.80. The number of imidazole rings is 1. The summed E-state index contributed by atoms with van der Waals surface area (Å²) in [4.78, 5) is 6.86. The Balaban J connectivity index is 1.73. The Kier molecular flexibility index (Phi) is 2.33. The number of hydrogen-bond acceptors (Lipinski definition) is 3. The van der Waals surface area contributed by atoms with Gasteiger partial charge in [-0.1, -0.05) is 0 Å². The molecule has 1 aliphatic carbocycles. The number of hydrogen-bond donors (Lipinski definition) is 1. The number of nitrogens with two attached hydrogens (primary N) is 1. The van der Waals surface area contributed by atoms with Crippen molar-refractivity contribution in [2.45, 2.75) is 31.3 Å². The Morgan fingerprint density at radius 1 is 1.21 bits per heavy atom. The van der Waals surface area contributed by atoms with E-state index in [1.807, 2.05) is 4.57 Å². The largest absolute Gasteiger partial charge is 0.369 e. The standard InChI is InChI=1S/C14H17FN4/c15-9-1-4-12-13(7-9)19(14(16)17-12)11-5-6-18(8-11)10-2-3-10/h1,4,7,10-11H,2-3,5-6,8H2,(H2,16,17). The van der Waals surface area contributed by atoms with Crippen molar-refractivity contribution in [2.75, 3.05) is 18.8 Å². The highest BCUT2D eigenvalue weighted by Gasteiger charge is 2.35. The number of rotatable bonds is 2. The zero-order valence-electron chi connectivity index (χ0n) is 10.7. The monoisotopic (exact) mass is 260 g/mol. The first-order chi connectivity index (χ1) is 9.22. The molecule has 1 aromatic heterocycles. The van der Waals surface area contributed by atoms with Crippen molar-refractivity contribution in [1.82, 2.24) is 14.5 Å². The Morgan fingerprint density at radius 3 is 2.84 bits per heavy atom. The first-order valence-electron chi connectivity index (χ1n) is 6.89. The lowest BCUT2D eigenvalue weighted by Gasteiger charge is -2.17. The molecule has 2 N–H and O–H groups in total. The minimum atomic E-state index is -0.231. The molecule has 1 unspecified atom stereocenters. The number of benzene rings is 1. The number of halogens is 1. The minimum Gasteiger partial charge on any atom is -0.369 e. The molecule has 1 saturated heterocycles. The van der Waals surface area contributed by atoms with Crippen LogP contribution in [0.15, 0.2) is 18.2 Å². The molecule has 1 saturated carbocycles. The minimum absolute atomic E-state index is 0.231. The lowest BCUT2D eigenvalue weighted by atomic mass is 10.2. The first-order valence-corrected chi connectivity index (χ1v) is 6.89. The van der Waals surface area contributed by atoms with Gasteiger partial charge in [-0.3, -0.25) is 4.90 Å². The Bertz CT molecular complexity index is 632. The first kappa shape index (κ1) is 11.2.